The lowest BCUT2D eigenvalue weighted by Gasteiger charge is -2.29. The van der Waals surface area contributed by atoms with E-state index in [1.807, 2.05) is 13.1 Å². The van der Waals surface area contributed by atoms with Crippen LogP contribution in [0.3, 0.4) is 0 Å². The van der Waals surface area contributed by atoms with Crippen LogP contribution in [-0.2, 0) is 11.3 Å². The van der Waals surface area contributed by atoms with Gasteiger partial charge in [0.2, 0.25) is 0 Å². The van der Waals surface area contributed by atoms with Crippen molar-refractivity contribution in [3.63, 3.8) is 0 Å². The normalized spacial score (nSPS) is 22.4. The first kappa shape index (κ1) is 11.7. The summed E-state index contributed by atoms with van der Waals surface area (Å²) in [5.41, 5.74) is 1.19. The van der Waals surface area contributed by atoms with Crippen molar-refractivity contribution in [2.75, 3.05) is 13.1 Å². The third-order valence-corrected chi connectivity index (χ3v) is 3.36. The van der Waals surface area contributed by atoms with Crippen LogP contribution in [-0.4, -0.2) is 28.8 Å². The molecule has 0 saturated carbocycles. The molecule has 3 nitrogen and oxygen atoms in total. The van der Waals surface area contributed by atoms with Crippen molar-refractivity contribution < 1.29 is 4.79 Å². The van der Waals surface area contributed by atoms with Gasteiger partial charge in [-0.25, -0.2) is 0 Å². The minimum absolute atomic E-state index is 0.175. The zero-order chi connectivity index (χ0) is 11.5. The maximum absolute atomic E-state index is 11.4. The summed E-state index contributed by atoms with van der Waals surface area (Å²) < 4.78 is 1.01. The van der Waals surface area contributed by atoms with Gasteiger partial charge in [-0.05, 0) is 27.6 Å². The molecule has 0 bridgehead atoms. The zero-order valence-electron chi connectivity index (χ0n) is 9.32. The van der Waals surface area contributed by atoms with E-state index in [1.165, 1.54) is 5.56 Å². The fourth-order valence-electron chi connectivity index (χ4n) is 2.04. The number of carbonyl (C=O) groups is 1. The number of ketones is 1. The highest BCUT2D eigenvalue weighted by Crippen LogP contribution is 2.16. The van der Waals surface area contributed by atoms with E-state index in [0.29, 0.717) is 12.2 Å². The van der Waals surface area contributed by atoms with Gasteiger partial charge in [-0.3, -0.25) is 14.7 Å². The predicted molar refractivity (Wildman–Crippen MR) is 66.0 cm³/mol. The van der Waals surface area contributed by atoms with E-state index in [-0.39, 0.29) is 5.92 Å². The van der Waals surface area contributed by atoms with Gasteiger partial charge in [-0.15, -0.1) is 0 Å². The highest BCUT2D eigenvalue weighted by atomic mass is 79.9. The van der Waals surface area contributed by atoms with Gasteiger partial charge in [0.25, 0.3) is 0 Å². The van der Waals surface area contributed by atoms with E-state index in [4.69, 9.17) is 0 Å². The summed E-state index contributed by atoms with van der Waals surface area (Å²) in [6.45, 7) is 4.62. The van der Waals surface area contributed by atoms with Crippen LogP contribution in [0, 0.1) is 5.92 Å². The van der Waals surface area contributed by atoms with Gasteiger partial charge >= 0.3 is 0 Å². The molecule has 0 N–H and O–H groups in total. The fourth-order valence-corrected chi connectivity index (χ4v) is 2.45. The Morgan fingerprint density at radius 1 is 1.56 bits per heavy atom. The molecule has 16 heavy (non-hydrogen) atoms. The first-order valence-electron chi connectivity index (χ1n) is 5.49. The smallest absolute Gasteiger partial charge is 0.138 e. The Hall–Kier alpha value is -0.740. The minimum atomic E-state index is 0.175. The van der Waals surface area contributed by atoms with Crippen molar-refractivity contribution in [2.24, 2.45) is 5.92 Å². The van der Waals surface area contributed by atoms with Crippen molar-refractivity contribution in [1.29, 1.82) is 0 Å². The van der Waals surface area contributed by atoms with E-state index in [0.717, 1.165) is 24.1 Å². The second-order valence-electron chi connectivity index (χ2n) is 4.36. The van der Waals surface area contributed by atoms with Crippen molar-refractivity contribution >= 4 is 21.7 Å². The number of rotatable bonds is 2. The Labute approximate surface area is 104 Å². The van der Waals surface area contributed by atoms with Gasteiger partial charge in [0.15, 0.2) is 0 Å². The molecule has 0 spiro atoms. The molecule has 1 aromatic rings. The number of pyridine rings is 1. The molecule has 1 aliphatic rings. The van der Waals surface area contributed by atoms with Crippen LogP contribution in [0.2, 0.25) is 0 Å². The number of Topliss-reactive ketones (excluding diaryl/α,β-unsaturated/α-hetero) is 1. The lowest BCUT2D eigenvalue weighted by molar-refractivity contribution is -0.125. The Morgan fingerprint density at radius 3 is 3.06 bits per heavy atom. The molecule has 1 aromatic heterocycles. The topological polar surface area (TPSA) is 33.2 Å². The molecular weight excluding hydrogens is 268 g/mol. The van der Waals surface area contributed by atoms with Crippen molar-refractivity contribution in [2.45, 2.75) is 19.9 Å². The number of carbonyl (C=O) groups excluding carboxylic acids is 1. The van der Waals surface area contributed by atoms with E-state index < -0.39 is 0 Å². The summed E-state index contributed by atoms with van der Waals surface area (Å²) in [5.74, 6) is 0.567. The summed E-state index contributed by atoms with van der Waals surface area (Å²) in [4.78, 5) is 17.9. The van der Waals surface area contributed by atoms with Crippen LogP contribution < -0.4 is 0 Å². The van der Waals surface area contributed by atoms with E-state index in [1.54, 1.807) is 6.20 Å². The molecule has 0 aromatic carbocycles. The first-order valence-corrected chi connectivity index (χ1v) is 6.29. The van der Waals surface area contributed by atoms with Gasteiger partial charge in [-0.1, -0.05) is 6.92 Å². The van der Waals surface area contributed by atoms with Gasteiger partial charge in [-0.2, -0.15) is 0 Å². The zero-order valence-corrected chi connectivity index (χ0v) is 10.9. The van der Waals surface area contributed by atoms with Crippen LogP contribution in [0.15, 0.2) is 22.9 Å². The highest BCUT2D eigenvalue weighted by Gasteiger charge is 2.23. The van der Waals surface area contributed by atoms with Crippen LogP contribution >= 0.6 is 15.9 Å². The average Bonchev–Trinajstić information content (AvgIpc) is 2.24. The number of piperidine rings is 1. The van der Waals surface area contributed by atoms with E-state index in [9.17, 15) is 4.79 Å². The largest absolute Gasteiger partial charge is 0.299 e. The Bertz CT molecular complexity index is 394. The maximum Gasteiger partial charge on any atom is 0.138 e. The number of likely N-dealkylation sites (tertiary alicyclic amines) is 1. The molecule has 1 aliphatic heterocycles. The molecule has 0 aliphatic carbocycles. The summed E-state index contributed by atoms with van der Waals surface area (Å²) >= 11 is 3.41. The fraction of sp³-hybridized carbons (Fsp3) is 0.500. The summed E-state index contributed by atoms with van der Waals surface area (Å²) in [7, 11) is 0. The Morgan fingerprint density at radius 2 is 2.38 bits per heavy atom. The van der Waals surface area contributed by atoms with Gasteiger partial charge in [0.1, 0.15) is 5.78 Å². The van der Waals surface area contributed by atoms with Gasteiger partial charge < -0.3 is 0 Å². The highest BCUT2D eigenvalue weighted by molar-refractivity contribution is 9.10. The monoisotopic (exact) mass is 282 g/mol. The molecule has 2 heterocycles. The van der Waals surface area contributed by atoms with Crippen LogP contribution in [0.4, 0.5) is 0 Å². The quantitative estimate of drug-likeness (QED) is 0.834. The summed E-state index contributed by atoms with van der Waals surface area (Å²) in [5, 5.41) is 0. The lowest BCUT2D eigenvalue weighted by Crippen LogP contribution is -2.39. The second-order valence-corrected chi connectivity index (χ2v) is 5.28. The SMILES string of the molecule is CC1CN(Cc2cncc(Br)c2)CCC1=O. The van der Waals surface area contributed by atoms with E-state index in [2.05, 4.69) is 31.9 Å². The molecule has 1 saturated heterocycles. The molecule has 2 rings (SSSR count). The molecule has 0 radical (unpaired) electrons. The molecule has 86 valence electrons. The van der Waals surface area contributed by atoms with Gasteiger partial charge in [0, 0.05) is 48.8 Å². The summed E-state index contributed by atoms with van der Waals surface area (Å²) in [6, 6.07) is 2.08. The standard InChI is InChI=1S/C12H15BrN2O/c1-9-7-15(3-2-12(9)16)8-10-4-11(13)6-14-5-10/h4-6,9H,2-3,7-8H2,1H3. The molecule has 4 heteroatoms. The second kappa shape index (κ2) is 5.06. The Kier molecular flexibility index (Phi) is 3.71. The van der Waals surface area contributed by atoms with Gasteiger partial charge in [0.05, 0.1) is 0 Å². The van der Waals surface area contributed by atoms with E-state index >= 15 is 0 Å². The average molecular weight is 283 g/mol. The third kappa shape index (κ3) is 2.89. The number of hydrogen-bond donors (Lipinski definition) is 0. The predicted octanol–water partition coefficient (Wildman–Crippen LogP) is 2.25. The minimum Gasteiger partial charge on any atom is -0.299 e. The molecule has 1 atom stereocenters. The van der Waals surface area contributed by atoms with Crippen molar-refractivity contribution in [3.8, 4) is 0 Å². The third-order valence-electron chi connectivity index (χ3n) is 2.92. The first-order chi connectivity index (χ1) is 7.65. The maximum atomic E-state index is 11.4. The molecule has 1 fully saturated rings. The van der Waals surface area contributed by atoms with Crippen LogP contribution in [0.25, 0.3) is 0 Å². The Balaban J connectivity index is 1.98. The van der Waals surface area contributed by atoms with Crippen molar-refractivity contribution in [1.82, 2.24) is 9.88 Å². The van der Waals surface area contributed by atoms with Crippen LogP contribution in [0.5, 0.6) is 0 Å². The summed E-state index contributed by atoms with van der Waals surface area (Å²) in [6.07, 6.45) is 4.35. The molecule has 0 amide bonds. The number of halogens is 1. The van der Waals surface area contributed by atoms with Crippen LogP contribution in [0.1, 0.15) is 18.9 Å². The molecular formula is C12H15BrN2O. The number of nitrogens with zero attached hydrogens (tertiary/aromatic N) is 2. The lowest BCUT2D eigenvalue weighted by atomic mass is 9.98. The van der Waals surface area contributed by atoms with Crippen molar-refractivity contribution in [3.05, 3.63) is 28.5 Å². The number of hydrogen-bond acceptors (Lipinski definition) is 3. The number of aromatic nitrogens is 1. The molecule has 1 unspecified atom stereocenters.